The van der Waals surface area contributed by atoms with Crippen molar-refractivity contribution < 1.29 is 19.4 Å². The number of ketones is 1. The number of carbonyl (C=O) groups excluding carboxylic acids is 2. The Morgan fingerprint density at radius 3 is 2.64 bits per heavy atom. The molecule has 0 aliphatic heterocycles. The highest BCUT2D eigenvalue weighted by molar-refractivity contribution is 6.08. The number of ether oxygens (including phenoxy) is 1. The molecule has 1 N–H and O–H groups in total. The number of hydrogen-bond acceptors (Lipinski definition) is 6. The fraction of sp³-hybridized carbons (Fsp3) is 0.0526. The smallest absolute Gasteiger partial charge is 0.233 e. The third-order valence-corrected chi connectivity index (χ3v) is 3.71. The van der Waals surface area contributed by atoms with Crippen molar-refractivity contribution in [2.75, 3.05) is 7.11 Å². The Morgan fingerprint density at radius 1 is 1.12 bits per heavy atom. The van der Waals surface area contributed by atoms with Gasteiger partial charge in [0, 0.05) is 23.5 Å². The number of phenols is 1. The molecule has 0 amide bonds. The van der Waals surface area contributed by atoms with Gasteiger partial charge < -0.3 is 9.84 Å². The maximum atomic E-state index is 12.5. The standard InChI is InChI=1S/C19H14N2O4/c1-25-16-6-3-9-20-17(16)19(24)15-8-7-12(10-21-15)14-5-2-4-13(11-22)18(14)23/h2-11,23H,1H3. The van der Waals surface area contributed by atoms with Crippen molar-refractivity contribution in [3.63, 3.8) is 0 Å². The van der Waals surface area contributed by atoms with Crippen molar-refractivity contribution in [1.82, 2.24) is 9.97 Å². The fourth-order valence-electron chi connectivity index (χ4n) is 2.42. The number of carbonyl (C=O) groups is 2. The Kier molecular flexibility index (Phi) is 4.52. The first-order chi connectivity index (χ1) is 12.2. The van der Waals surface area contributed by atoms with Gasteiger partial charge in [0.2, 0.25) is 5.78 Å². The zero-order valence-electron chi connectivity index (χ0n) is 13.3. The van der Waals surface area contributed by atoms with E-state index in [2.05, 4.69) is 9.97 Å². The molecule has 0 fully saturated rings. The summed E-state index contributed by atoms with van der Waals surface area (Å²) in [5, 5.41) is 10.1. The fourth-order valence-corrected chi connectivity index (χ4v) is 2.42. The second-order valence-electron chi connectivity index (χ2n) is 5.18. The number of rotatable bonds is 5. The first-order valence-corrected chi connectivity index (χ1v) is 7.43. The number of hydrogen-bond donors (Lipinski definition) is 1. The maximum Gasteiger partial charge on any atom is 0.233 e. The molecule has 2 aromatic heterocycles. The van der Waals surface area contributed by atoms with E-state index < -0.39 is 0 Å². The van der Waals surface area contributed by atoms with Gasteiger partial charge in [0.25, 0.3) is 0 Å². The zero-order chi connectivity index (χ0) is 17.8. The molecule has 0 saturated carbocycles. The van der Waals surface area contributed by atoms with Crippen molar-refractivity contribution in [1.29, 1.82) is 0 Å². The minimum atomic E-state index is -0.366. The molecule has 25 heavy (non-hydrogen) atoms. The third-order valence-electron chi connectivity index (χ3n) is 3.71. The molecule has 0 spiro atoms. The predicted molar refractivity (Wildman–Crippen MR) is 90.9 cm³/mol. The molecule has 124 valence electrons. The molecule has 0 aliphatic carbocycles. The van der Waals surface area contributed by atoms with Crippen molar-refractivity contribution in [2.45, 2.75) is 0 Å². The lowest BCUT2D eigenvalue weighted by atomic mass is 10.0. The number of aldehydes is 1. The summed E-state index contributed by atoms with van der Waals surface area (Å²) >= 11 is 0. The zero-order valence-corrected chi connectivity index (χ0v) is 13.3. The lowest BCUT2D eigenvalue weighted by Crippen LogP contribution is -2.08. The SMILES string of the molecule is COc1cccnc1C(=O)c1ccc(-c2cccc(C=O)c2O)cn1. The van der Waals surface area contributed by atoms with Gasteiger partial charge in [0.15, 0.2) is 12.0 Å². The van der Waals surface area contributed by atoms with Crippen LogP contribution in [-0.2, 0) is 0 Å². The maximum absolute atomic E-state index is 12.5. The molecule has 3 rings (SSSR count). The van der Waals surface area contributed by atoms with Gasteiger partial charge in [-0.15, -0.1) is 0 Å². The predicted octanol–water partition coefficient (Wildman–Crippen LogP) is 2.90. The Hall–Kier alpha value is -3.54. The van der Waals surface area contributed by atoms with Crippen LogP contribution in [0.25, 0.3) is 11.1 Å². The van der Waals surface area contributed by atoms with E-state index in [9.17, 15) is 14.7 Å². The molecule has 0 bridgehead atoms. The first kappa shape index (κ1) is 16.3. The monoisotopic (exact) mass is 334 g/mol. The van der Waals surface area contributed by atoms with Gasteiger partial charge in [-0.25, -0.2) is 4.98 Å². The lowest BCUT2D eigenvalue weighted by Gasteiger charge is -2.08. The van der Waals surface area contributed by atoms with E-state index in [0.717, 1.165) is 0 Å². The van der Waals surface area contributed by atoms with E-state index >= 15 is 0 Å². The molecule has 0 saturated heterocycles. The van der Waals surface area contributed by atoms with Crippen LogP contribution in [0, 0.1) is 0 Å². The average Bonchev–Trinajstić information content (AvgIpc) is 2.67. The van der Waals surface area contributed by atoms with Crippen LogP contribution in [0.5, 0.6) is 11.5 Å². The third kappa shape index (κ3) is 3.10. The summed E-state index contributed by atoms with van der Waals surface area (Å²) in [6, 6.07) is 11.4. The summed E-state index contributed by atoms with van der Waals surface area (Å²) < 4.78 is 5.15. The average molecular weight is 334 g/mol. The van der Waals surface area contributed by atoms with E-state index in [1.54, 1.807) is 36.4 Å². The molecule has 1 aromatic carbocycles. The molecule has 2 heterocycles. The number of methoxy groups -OCH3 is 1. The van der Waals surface area contributed by atoms with Gasteiger partial charge in [-0.3, -0.25) is 14.6 Å². The summed E-state index contributed by atoms with van der Waals surface area (Å²) in [6.07, 6.45) is 3.55. The highest BCUT2D eigenvalue weighted by atomic mass is 16.5. The first-order valence-electron chi connectivity index (χ1n) is 7.43. The van der Waals surface area contributed by atoms with E-state index in [1.165, 1.54) is 25.6 Å². The number of benzene rings is 1. The second kappa shape index (κ2) is 6.92. The van der Waals surface area contributed by atoms with Crippen LogP contribution in [0.2, 0.25) is 0 Å². The van der Waals surface area contributed by atoms with Gasteiger partial charge in [-0.1, -0.05) is 18.2 Å². The topological polar surface area (TPSA) is 89.4 Å². The molecule has 0 radical (unpaired) electrons. The van der Waals surface area contributed by atoms with Crippen molar-refractivity contribution in [2.24, 2.45) is 0 Å². The number of phenolic OH excluding ortho intramolecular Hbond substituents is 1. The van der Waals surface area contributed by atoms with Crippen molar-refractivity contribution in [3.05, 3.63) is 71.8 Å². The molecular formula is C19H14N2O4. The summed E-state index contributed by atoms with van der Waals surface area (Å²) in [4.78, 5) is 31.7. The minimum absolute atomic E-state index is 0.121. The van der Waals surface area contributed by atoms with E-state index in [0.29, 0.717) is 23.2 Å². The molecular weight excluding hydrogens is 320 g/mol. The lowest BCUT2D eigenvalue weighted by molar-refractivity contribution is 0.102. The van der Waals surface area contributed by atoms with Gasteiger partial charge in [-0.05, 0) is 24.3 Å². The van der Waals surface area contributed by atoms with Crippen molar-refractivity contribution >= 4 is 12.1 Å². The molecule has 3 aromatic rings. The van der Waals surface area contributed by atoms with Gasteiger partial charge in [0.05, 0.1) is 12.7 Å². The number of pyridine rings is 2. The Balaban J connectivity index is 1.95. The summed E-state index contributed by atoms with van der Waals surface area (Å²) in [5.74, 6) is -0.116. The van der Waals surface area contributed by atoms with Crippen LogP contribution in [0.4, 0.5) is 0 Å². The molecule has 6 heteroatoms. The van der Waals surface area contributed by atoms with E-state index in [-0.39, 0.29) is 28.5 Å². The van der Waals surface area contributed by atoms with Crippen LogP contribution >= 0.6 is 0 Å². The number of aromatic nitrogens is 2. The van der Waals surface area contributed by atoms with E-state index in [4.69, 9.17) is 4.74 Å². The highest BCUT2D eigenvalue weighted by Gasteiger charge is 2.17. The molecule has 6 nitrogen and oxygen atoms in total. The summed E-state index contributed by atoms with van der Waals surface area (Å²) in [5.41, 5.74) is 1.62. The van der Waals surface area contributed by atoms with Crippen LogP contribution in [0.1, 0.15) is 26.5 Å². The van der Waals surface area contributed by atoms with Crippen LogP contribution in [0.3, 0.4) is 0 Å². The van der Waals surface area contributed by atoms with Gasteiger partial charge in [0.1, 0.15) is 17.2 Å². The van der Waals surface area contributed by atoms with Crippen molar-refractivity contribution in [3.8, 4) is 22.6 Å². The quantitative estimate of drug-likeness (QED) is 0.570. The molecule has 0 unspecified atom stereocenters. The van der Waals surface area contributed by atoms with Crippen LogP contribution in [0.15, 0.2) is 54.9 Å². The number of aromatic hydroxyl groups is 1. The summed E-state index contributed by atoms with van der Waals surface area (Å²) in [6.45, 7) is 0. The molecule has 0 atom stereocenters. The van der Waals surface area contributed by atoms with Gasteiger partial charge in [-0.2, -0.15) is 0 Å². The van der Waals surface area contributed by atoms with E-state index in [1.807, 2.05) is 0 Å². The highest BCUT2D eigenvalue weighted by Crippen LogP contribution is 2.31. The largest absolute Gasteiger partial charge is 0.507 e. The van der Waals surface area contributed by atoms with Crippen LogP contribution in [-0.4, -0.2) is 34.3 Å². The van der Waals surface area contributed by atoms with Crippen LogP contribution < -0.4 is 4.74 Å². The molecule has 0 aliphatic rings. The number of nitrogens with zero attached hydrogens (tertiary/aromatic N) is 2. The minimum Gasteiger partial charge on any atom is -0.507 e. The Labute approximate surface area is 143 Å². The van der Waals surface area contributed by atoms with Gasteiger partial charge >= 0.3 is 0 Å². The Bertz CT molecular complexity index is 936. The number of para-hydroxylation sites is 1. The normalized spacial score (nSPS) is 10.3. The summed E-state index contributed by atoms with van der Waals surface area (Å²) in [7, 11) is 1.47. The Morgan fingerprint density at radius 2 is 1.96 bits per heavy atom. The second-order valence-corrected chi connectivity index (χ2v) is 5.18.